The van der Waals surface area contributed by atoms with Crippen molar-refractivity contribution in [1.29, 1.82) is 0 Å². The van der Waals surface area contributed by atoms with Crippen molar-refractivity contribution in [3.63, 3.8) is 0 Å². The molecular formula is C19H20N2O4. The van der Waals surface area contributed by atoms with Gasteiger partial charge in [-0.3, -0.25) is 14.9 Å². The zero-order chi connectivity index (χ0) is 18.0. The molecule has 1 saturated carbocycles. The third-order valence-corrected chi connectivity index (χ3v) is 4.73. The summed E-state index contributed by atoms with van der Waals surface area (Å²) in [6.07, 6.45) is 0.413. The molecule has 2 aromatic carbocycles. The van der Waals surface area contributed by atoms with Gasteiger partial charge in [0.15, 0.2) is 0 Å². The smallest absolute Gasteiger partial charge is 0.323 e. The summed E-state index contributed by atoms with van der Waals surface area (Å²) in [5.74, 6) is -2.03. The van der Waals surface area contributed by atoms with E-state index in [2.05, 4.69) is 5.32 Å². The van der Waals surface area contributed by atoms with Gasteiger partial charge in [-0.1, -0.05) is 54.6 Å². The number of hydrogen-bond donors (Lipinski definition) is 4. The highest BCUT2D eigenvalue weighted by atomic mass is 16.4. The van der Waals surface area contributed by atoms with E-state index in [1.807, 2.05) is 54.6 Å². The second-order valence-corrected chi connectivity index (χ2v) is 6.30. The average Bonchev–Trinajstić information content (AvgIpc) is 3.36. The van der Waals surface area contributed by atoms with Crippen LogP contribution in [0.25, 0.3) is 11.1 Å². The van der Waals surface area contributed by atoms with Crippen molar-refractivity contribution in [2.24, 2.45) is 5.73 Å². The number of aliphatic carboxylic acids is 1. The van der Waals surface area contributed by atoms with Gasteiger partial charge in [-0.25, -0.2) is 0 Å². The van der Waals surface area contributed by atoms with Gasteiger partial charge in [0.05, 0.1) is 6.61 Å². The molecule has 6 heteroatoms. The zero-order valence-electron chi connectivity index (χ0n) is 13.6. The number of nitrogens with one attached hydrogen (secondary N) is 1. The van der Waals surface area contributed by atoms with E-state index in [9.17, 15) is 14.7 Å². The van der Waals surface area contributed by atoms with E-state index in [1.54, 1.807) is 0 Å². The molecule has 1 aliphatic carbocycles. The molecular weight excluding hydrogens is 320 g/mol. The first-order valence-electron chi connectivity index (χ1n) is 8.04. The summed E-state index contributed by atoms with van der Waals surface area (Å²) < 4.78 is 0. The Morgan fingerprint density at radius 2 is 1.72 bits per heavy atom. The van der Waals surface area contributed by atoms with Gasteiger partial charge < -0.3 is 15.9 Å². The van der Waals surface area contributed by atoms with Crippen molar-refractivity contribution >= 4 is 11.9 Å². The molecule has 3 rings (SSSR count). The van der Waals surface area contributed by atoms with Crippen LogP contribution in [0.1, 0.15) is 17.9 Å². The number of amides is 1. The SMILES string of the molecule is NC(=O)C1(N[C@@H](CO)C(=O)O)C[C@H]1c1ccc(-c2ccccc2)cc1. The van der Waals surface area contributed by atoms with Crippen molar-refractivity contribution in [2.75, 3.05) is 6.61 Å². The molecule has 1 fully saturated rings. The number of carboxylic acids is 1. The second kappa shape index (κ2) is 6.66. The fraction of sp³-hybridized carbons (Fsp3) is 0.263. The van der Waals surface area contributed by atoms with E-state index >= 15 is 0 Å². The molecule has 0 heterocycles. The number of hydrogen-bond acceptors (Lipinski definition) is 4. The van der Waals surface area contributed by atoms with E-state index in [4.69, 9.17) is 10.8 Å². The molecule has 1 unspecified atom stereocenters. The zero-order valence-corrected chi connectivity index (χ0v) is 13.6. The predicted molar refractivity (Wildman–Crippen MR) is 92.8 cm³/mol. The molecule has 0 spiro atoms. The van der Waals surface area contributed by atoms with Crippen molar-refractivity contribution in [1.82, 2.24) is 5.32 Å². The molecule has 0 bridgehead atoms. The van der Waals surface area contributed by atoms with Crippen LogP contribution in [0.2, 0.25) is 0 Å². The first-order chi connectivity index (χ1) is 12.0. The minimum atomic E-state index is -1.22. The largest absolute Gasteiger partial charge is 0.480 e. The Morgan fingerprint density at radius 1 is 1.12 bits per heavy atom. The van der Waals surface area contributed by atoms with Crippen molar-refractivity contribution in [3.8, 4) is 11.1 Å². The number of primary amides is 1. The minimum absolute atomic E-state index is 0.205. The number of carboxylic acid groups (broad SMARTS) is 1. The summed E-state index contributed by atoms with van der Waals surface area (Å²) in [5.41, 5.74) is 7.44. The molecule has 1 aliphatic rings. The molecule has 25 heavy (non-hydrogen) atoms. The highest BCUT2D eigenvalue weighted by molar-refractivity contribution is 5.91. The summed E-state index contributed by atoms with van der Waals surface area (Å²) in [5, 5.41) is 21.0. The Kier molecular flexibility index (Phi) is 4.57. The molecule has 3 atom stereocenters. The maximum atomic E-state index is 11.9. The second-order valence-electron chi connectivity index (χ2n) is 6.30. The maximum absolute atomic E-state index is 11.9. The molecule has 0 aromatic heterocycles. The van der Waals surface area contributed by atoms with Crippen LogP contribution >= 0.6 is 0 Å². The van der Waals surface area contributed by atoms with Crippen LogP contribution in [0.5, 0.6) is 0 Å². The van der Waals surface area contributed by atoms with Crippen LogP contribution in [0, 0.1) is 0 Å². The van der Waals surface area contributed by atoms with Gasteiger partial charge in [0.25, 0.3) is 0 Å². The molecule has 2 aromatic rings. The third-order valence-electron chi connectivity index (χ3n) is 4.73. The fourth-order valence-electron chi connectivity index (χ4n) is 3.20. The topological polar surface area (TPSA) is 113 Å². The van der Waals surface area contributed by atoms with E-state index in [0.717, 1.165) is 16.7 Å². The molecule has 130 valence electrons. The van der Waals surface area contributed by atoms with E-state index < -0.39 is 30.1 Å². The van der Waals surface area contributed by atoms with Gasteiger partial charge in [-0.05, 0) is 23.1 Å². The lowest BCUT2D eigenvalue weighted by atomic mass is 10.00. The van der Waals surface area contributed by atoms with Gasteiger partial charge in [0.1, 0.15) is 11.6 Å². The number of aliphatic hydroxyl groups is 1. The summed E-state index contributed by atoms with van der Waals surface area (Å²) in [7, 11) is 0. The Morgan fingerprint density at radius 3 is 2.24 bits per heavy atom. The normalized spacial score (nSPS) is 23.0. The van der Waals surface area contributed by atoms with Crippen molar-refractivity contribution in [2.45, 2.75) is 23.9 Å². The summed E-state index contributed by atoms with van der Waals surface area (Å²) in [4.78, 5) is 23.0. The van der Waals surface area contributed by atoms with Gasteiger partial charge in [0.2, 0.25) is 5.91 Å². The van der Waals surface area contributed by atoms with E-state index in [0.29, 0.717) is 6.42 Å². The number of nitrogens with two attached hydrogens (primary N) is 1. The van der Waals surface area contributed by atoms with Gasteiger partial charge in [-0.2, -0.15) is 0 Å². The number of aliphatic hydroxyl groups excluding tert-OH is 1. The maximum Gasteiger partial charge on any atom is 0.323 e. The quantitative estimate of drug-likeness (QED) is 0.603. The number of rotatable bonds is 7. The van der Waals surface area contributed by atoms with Gasteiger partial charge in [-0.15, -0.1) is 0 Å². The summed E-state index contributed by atoms with van der Waals surface area (Å²) in [6, 6.07) is 16.5. The molecule has 0 radical (unpaired) electrons. The lowest BCUT2D eigenvalue weighted by molar-refractivity contribution is -0.141. The first kappa shape index (κ1) is 17.1. The Hall–Kier alpha value is -2.70. The van der Waals surface area contributed by atoms with Crippen molar-refractivity contribution < 1.29 is 19.8 Å². The van der Waals surface area contributed by atoms with Crippen molar-refractivity contribution in [3.05, 3.63) is 60.2 Å². The number of benzene rings is 2. The number of carbonyl (C=O) groups is 2. The Labute approximate surface area is 145 Å². The average molecular weight is 340 g/mol. The lowest BCUT2D eigenvalue weighted by Gasteiger charge is -2.20. The predicted octanol–water partition coefficient (Wildman–Crippen LogP) is 1.10. The van der Waals surface area contributed by atoms with E-state index in [-0.39, 0.29) is 5.92 Å². The summed E-state index contributed by atoms with van der Waals surface area (Å²) in [6.45, 7) is -0.607. The first-order valence-corrected chi connectivity index (χ1v) is 8.04. The fourth-order valence-corrected chi connectivity index (χ4v) is 3.20. The highest BCUT2D eigenvalue weighted by Crippen LogP contribution is 2.51. The van der Waals surface area contributed by atoms with Crippen LogP contribution in [0.4, 0.5) is 0 Å². The molecule has 0 aliphatic heterocycles. The van der Waals surface area contributed by atoms with Crippen LogP contribution < -0.4 is 11.1 Å². The lowest BCUT2D eigenvalue weighted by Crippen LogP contribution is -2.54. The summed E-state index contributed by atoms with van der Waals surface area (Å²) >= 11 is 0. The highest BCUT2D eigenvalue weighted by Gasteiger charge is 2.60. The standard InChI is InChI=1S/C19H20N2O4/c20-18(25)19(21-16(11-22)17(23)24)10-15(19)14-8-6-13(7-9-14)12-4-2-1-3-5-12/h1-9,15-16,21-22H,10-11H2,(H2,20,25)(H,23,24)/t15-,16-,19?/m0/s1. The number of carbonyl (C=O) groups excluding carboxylic acids is 1. The Balaban J connectivity index is 1.80. The van der Waals surface area contributed by atoms with Crippen LogP contribution in [-0.4, -0.2) is 40.3 Å². The molecule has 0 saturated heterocycles. The van der Waals surface area contributed by atoms with Crippen LogP contribution in [0.3, 0.4) is 0 Å². The monoisotopic (exact) mass is 340 g/mol. The van der Waals surface area contributed by atoms with Gasteiger partial charge >= 0.3 is 5.97 Å². The minimum Gasteiger partial charge on any atom is -0.480 e. The Bertz CT molecular complexity index is 776. The van der Waals surface area contributed by atoms with E-state index in [1.165, 1.54) is 0 Å². The van der Waals surface area contributed by atoms with Crippen LogP contribution in [-0.2, 0) is 9.59 Å². The van der Waals surface area contributed by atoms with Gasteiger partial charge in [0, 0.05) is 5.92 Å². The van der Waals surface area contributed by atoms with Crippen LogP contribution in [0.15, 0.2) is 54.6 Å². The molecule has 6 nitrogen and oxygen atoms in total. The third kappa shape index (κ3) is 3.26. The molecule has 5 N–H and O–H groups in total. The molecule has 1 amide bonds.